The van der Waals surface area contributed by atoms with E-state index in [9.17, 15) is 14.7 Å². The zero-order valence-corrected chi connectivity index (χ0v) is 16.9. The predicted molar refractivity (Wildman–Crippen MR) is 100 cm³/mol. The van der Waals surface area contributed by atoms with Crippen molar-refractivity contribution >= 4 is 23.4 Å². The van der Waals surface area contributed by atoms with E-state index in [2.05, 4.69) is 5.32 Å². The summed E-state index contributed by atoms with van der Waals surface area (Å²) in [4.78, 5) is 24.4. The molecule has 0 aliphatic heterocycles. The van der Waals surface area contributed by atoms with E-state index in [1.165, 1.54) is 18.4 Å². The zero-order valence-electron chi connectivity index (χ0n) is 16.1. The number of amides is 1. The molecule has 0 radical (unpaired) electrons. The van der Waals surface area contributed by atoms with Gasteiger partial charge in [0.05, 0.1) is 18.8 Å². The maximum absolute atomic E-state index is 11.9. The summed E-state index contributed by atoms with van der Waals surface area (Å²) in [5, 5.41) is 15.4. The lowest BCUT2D eigenvalue weighted by Crippen LogP contribution is -2.41. The number of aliphatic hydroxyl groups is 1. The molecule has 0 saturated heterocycles. The van der Waals surface area contributed by atoms with Crippen LogP contribution < -0.4 is 5.32 Å². The number of carbonyl (C=O) groups is 2. The Morgan fingerprint density at radius 1 is 1.27 bits per heavy atom. The molecule has 1 aliphatic carbocycles. The molecule has 2 N–H and O–H groups in total. The first-order valence-electron chi connectivity index (χ1n) is 8.96. The van der Waals surface area contributed by atoms with E-state index in [-0.39, 0.29) is 17.9 Å². The number of alkyl carbamates (subject to hydrolysis) is 1. The van der Waals surface area contributed by atoms with E-state index in [1.807, 2.05) is 27.7 Å². The van der Waals surface area contributed by atoms with Crippen LogP contribution in [-0.2, 0) is 9.47 Å². The molecular formula is C19H29NO5S. The minimum absolute atomic E-state index is 0.0726. The van der Waals surface area contributed by atoms with Crippen LogP contribution in [0, 0.1) is 12.8 Å². The van der Waals surface area contributed by atoms with Crippen LogP contribution in [0.25, 0.3) is 0 Å². The van der Waals surface area contributed by atoms with Gasteiger partial charge >= 0.3 is 12.1 Å². The lowest BCUT2D eigenvalue weighted by molar-refractivity contribution is 0.0452. The topological polar surface area (TPSA) is 84.9 Å². The van der Waals surface area contributed by atoms with E-state index in [1.54, 1.807) is 5.38 Å². The van der Waals surface area contributed by atoms with Gasteiger partial charge in [0.1, 0.15) is 5.60 Å². The molecule has 1 aromatic heterocycles. The Hall–Kier alpha value is -1.60. The molecule has 1 aliphatic rings. The number of rotatable bonds is 4. The number of aliphatic hydroxyl groups excluding tert-OH is 1. The van der Waals surface area contributed by atoms with Crippen LogP contribution in [-0.4, -0.2) is 35.9 Å². The highest BCUT2D eigenvalue weighted by atomic mass is 32.1. The standard InChI is InChI=1S/C19H29NO5S/c1-11-14(17(22)24-5)10-26-16(11)15(21)12-6-8-13(9-7-12)20-18(23)25-19(2,3)4/h10,12-13,15,21H,6-9H2,1-5H3,(H,20,23)/t12-,13-,15?. The van der Waals surface area contributed by atoms with Crippen LogP contribution in [0.15, 0.2) is 5.38 Å². The van der Waals surface area contributed by atoms with Gasteiger partial charge in [-0.3, -0.25) is 0 Å². The number of thiophene rings is 1. The number of methoxy groups -OCH3 is 1. The molecule has 6 nitrogen and oxygen atoms in total. The summed E-state index contributed by atoms with van der Waals surface area (Å²) in [5.74, 6) is -0.253. The van der Waals surface area contributed by atoms with Crippen LogP contribution in [0.2, 0.25) is 0 Å². The largest absolute Gasteiger partial charge is 0.465 e. The average molecular weight is 384 g/mol. The molecule has 1 unspecified atom stereocenters. The van der Waals surface area contributed by atoms with Gasteiger partial charge in [0.25, 0.3) is 0 Å². The third kappa shape index (κ3) is 5.20. The van der Waals surface area contributed by atoms with E-state index in [4.69, 9.17) is 9.47 Å². The van der Waals surface area contributed by atoms with Crippen LogP contribution >= 0.6 is 11.3 Å². The summed E-state index contributed by atoms with van der Waals surface area (Å²) in [7, 11) is 1.36. The highest BCUT2D eigenvalue weighted by Gasteiger charge is 2.31. The highest BCUT2D eigenvalue weighted by Crippen LogP contribution is 2.39. The quantitative estimate of drug-likeness (QED) is 0.769. The minimum atomic E-state index is -0.596. The Morgan fingerprint density at radius 2 is 1.88 bits per heavy atom. The van der Waals surface area contributed by atoms with Gasteiger partial charge in [0.15, 0.2) is 0 Å². The van der Waals surface area contributed by atoms with Crippen LogP contribution in [0.5, 0.6) is 0 Å². The molecule has 0 bridgehead atoms. The Kier molecular flexibility index (Phi) is 6.69. The fourth-order valence-corrected chi connectivity index (χ4v) is 4.44. The van der Waals surface area contributed by atoms with Gasteiger partial charge in [-0.15, -0.1) is 11.3 Å². The molecule has 2 rings (SSSR count). The summed E-state index contributed by atoms with van der Waals surface area (Å²) in [5.41, 5.74) is 0.807. The van der Waals surface area contributed by atoms with Crippen molar-refractivity contribution in [2.24, 2.45) is 5.92 Å². The Morgan fingerprint density at radius 3 is 2.42 bits per heavy atom. The number of hydrogen-bond acceptors (Lipinski definition) is 6. The van der Waals surface area contributed by atoms with Crippen LogP contribution in [0.1, 0.15) is 73.4 Å². The SMILES string of the molecule is COC(=O)c1csc(C(O)[C@H]2CC[C@H](NC(=O)OC(C)(C)C)CC2)c1C. The summed E-state index contributed by atoms with van der Waals surface area (Å²) in [6, 6.07) is 0.0726. The first-order chi connectivity index (χ1) is 12.1. The van der Waals surface area contributed by atoms with Crippen molar-refractivity contribution < 1.29 is 24.2 Å². The van der Waals surface area contributed by atoms with Crippen molar-refractivity contribution in [3.8, 4) is 0 Å². The van der Waals surface area contributed by atoms with Crippen LogP contribution in [0.4, 0.5) is 4.79 Å². The monoisotopic (exact) mass is 383 g/mol. The second kappa shape index (κ2) is 8.39. The number of hydrogen-bond donors (Lipinski definition) is 2. The molecule has 26 heavy (non-hydrogen) atoms. The molecule has 0 spiro atoms. The lowest BCUT2D eigenvalue weighted by Gasteiger charge is -2.32. The maximum atomic E-state index is 11.9. The van der Waals surface area contributed by atoms with Crippen LogP contribution in [0.3, 0.4) is 0 Å². The molecule has 0 aromatic carbocycles. The lowest BCUT2D eigenvalue weighted by atomic mass is 9.81. The van der Waals surface area contributed by atoms with E-state index in [0.29, 0.717) is 5.56 Å². The van der Waals surface area contributed by atoms with Gasteiger partial charge < -0.3 is 19.9 Å². The van der Waals surface area contributed by atoms with Crippen molar-refractivity contribution in [3.05, 3.63) is 21.4 Å². The summed E-state index contributed by atoms with van der Waals surface area (Å²) in [6.45, 7) is 7.36. The van der Waals surface area contributed by atoms with Crippen molar-refractivity contribution in [2.45, 2.75) is 71.1 Å². The smallest absolute Gasteiger partial charge is 0.407 e. The zero-order chi connectivity index (χ0) is 19.5. The first-order valence-corrected chi connectivity index (χ1v) is 9.84. The maximum Gasteiger partial charge on any atom is 0.407 e. The van der Waals surface area contributed by atoms with E-state index < -0.39 is 17.8 Å². The third-order valence-corrected chi connectivity index (χ3v) is 5.85. The molecule has 146 valence electrons. The second-order valence-corrected chi connectivity index (χ2v) is 8.74. The number of ether oxygens (including phenoxy) is 2. The molecule has 7 heteroatoms. The van der Waals surface area contributed by atoms with Crippen molar-refractivity contribution in [1.29, 1.82) is 0 Å². The molecule has 1 saturated carbocycles. The summed E-state index contributed by atoms with van der Waals surface area (Å²) >= 11 is 1.40. The van der Waals surface area contributed by atoms with E-state index >= 15 is 0 Å². The van der Waals surface area contributed by atoms with Gasteiger partial charge in [-0.1, -0.05) is 0 Å². The van der Waals surface area contributed by atoms with Crippen molar-refractivity contribution in [2.75, 3.05) is 7.11 Å². The fraction of sp³-hybridized carbons (Fsp3) is 0.684. The third-order valence-electron chi connectivity index (χ3n) is 4.69. The van der Waals surface area contributed by atoms with Crippen molar-refractivity contribution in [3.63, 3.8) is 0 Å². The number of nitrogens with one attached hydrogen (secondary N) is 1. The first kappa shape index (κ1) is 20.7. The second-order valence-electron chi connectivity index (χ2n) is 7.83. The van der Waals surface area contributed by atoms with Gasteiger partial charge in [0.2, 0.25) is 0 Å². The highest BCUT2D eigenvalue weighted by molar-refractivity contribution is 7.10. The molecule has 1 aromatic rings. The Balaban J connectivity index is 1.90. The summed E-state index contributed by atoms with van der Waals surface area (Å²) in [6.07, 6.45) is 2.24. The molecular weight excluding hydrogens is 354 g/mol. The van der Waals surface area contributed by atoms with Crippen molar-refractivity contribution in [1.82, 2.24) is 5.32 Å². The molecule has 1 heterocycles. The molecule has 1 fully saturated rings. The number of esters is 1. The van der Waals surface area contributed by atoms with Gasteiger partial charge in [-0.25, -0.2) is 9.59 Å². The normalized spacial score (nSPS) is 21.8. The van der Waals surface area contributed by atoms with Gasteiger partial charge in [-0.05, 0) is 64.9 Å². The molecule has 1 atom stereocenters. The predicted octanol–water partition coefficient (Wildman–Crippen LogP) is 3.96. The van der Waals surface area contributed by atoms with E-state index in [0.717, 1.165) is 36.1 Å². The average Bonchev–Trinajstić information content (AvgIpc) is 2.94. The fourth-order valence-electron chi connectivity index (χ4n) is 3.30. The Bertz CT molecular complexity index is 641. The van der Waals surface area contributed by atoms with Gasteiger partial charge in [0, 0.05) is 16.3 Å². The number of carbonyl (C=O) groups excluding carboxylic acids is 2. The Labute approximate surface area is 158 Å². The molecule has 1 amide bonds. The van der Waals surface area contributed by atoms with Gasteiger partial charge in [-0.2, -0.15) is 0 Å². The summed E-state index contributed by atoms with van der Waals surface area (Å²) < 4.78 is 10.1. The minimum Gasteiger partial charge on any atom is -0.465 e.